The molecule has 0 aliphatic heterocycles. The van der Waals surface area contributed by atoms with Crippen molar-refractivity contribution in [1.29, 1.82) is 0 Å². The fraction of sp³-hybridized carbons (Fsp3) is 0.235. The number of hydrogen-bond acceptors (Lipinski definition) is 3. The molecule has 0 radical (unpaired) electrons. The Labute approximate surface area is 129 Å². The van der Waals surface area contributed by atoms with Crippen molar-refractivity contribution in [2.75, 3.05) is 12.4 Å². The molecule has 0 fully saturated rings. The average molecular weight is 304 g/mol. The zero-order chi connectivity index (χ0) is 15.2. The van der Waals surface area contributed by atoms with Crippen molar-refractivity contribution in [1.82, 2.24) is 0 Å². The van der Waals surface area contributed by atoms with Crippen LogP contribution in [0.1, 0.15) is 28.4 Å². The summed E-state index contributed by atoms with van der Waals surface area (Å²) in [4.78, 5) is 11.8. The lowest BCUT2D eigenvalue weighted by Gasteiger charge is -2.13. The molecule has 4 heteroatoms. The molecule has 0 bridgehead atoms. The van der Waals surface area contributed by atoms with Gasteiger partial charge in [0.1, 0.15) is 0 Å². The van der Waals surface area contributed by atoms with Crippen LogP contribution in [0.2, 0.25) is 5.02 Å². The molecule has 110 valence electrons. The highest BCUT2D eigenvalue weighted by molar-refractivity contribution is 6.31. The van der Waals surface area contributed by atoms with Gasteiger partial charge < -0.3 is 10.1 Å². The first-order valence-electron chi connectivity index (χ1n) is 6.84. The Morgan fingerprint density at radius 2 is 1.90 bits per heavy atom. The van der Waals surface area contributed by atoms with Gasteiger partial charge in [-0.15, -0.1) is 0 Å². The van der Waals surface area contributed by atoms with Crippen LogP contribution in [0.15, 0.2) is 42.5 Å². The number of hydrogen-bond donors (Lipinski definition) is 1. The minimum atomic E-state index is -0.399. The van der Waals surface area contributed by atoms with Gasteiger partial charge in [0.05, 0.1) is 12.7 Å². The van der Waals surface area contributed by atoms with Crippen LogP contribution in [0.3, 0.4) is 0 Å². The molecule has 0 aliphatic rings. The molecule has 3 nitrogen and oxygen atoms in total. The number of carbonyl (C=O) groups excluding carboxylic acids is 1. The molecule has 0 amide bonds. The summed E-state index contributed by atoms with van der Waals surface area (Å²) in [7, 11) is 1.36. The van der Waals surface area contributed by atoms with Gasteiger partial charge in [-0.2, -0.15) is 0 Å². The number of halogens is 1. The predicted octanol–water partition coefficient (Wildman–Crippen LogP) is 4.30. The van der Waals surface area contributed by atoms with E-state index in [1.807, 2.05) is 12.1 Å². The van der Waals surface area contributed by atoms with E-state index >= 15 is 0 Å². The highest BCUT2D eigenvalue weighted by Crippen LogP contribution is 2.22. The number of aryl methyl sites for hydroxylation is 1. The van der Waals surface area contributed by atoms with Crippen LogP contribution < -0.4 is 5.32 Å². The van der Waals surface area contributed by atoms with Crippen LogP contribution >= 0.6 is 11.6 Å². The lowest BCUT2D eigenvalue weighted by molar-refractivity contribution is 0.0602. The minimum Gasteiger partial charge on any atom is -0.465 e. The van der Waals surface area contributed by atoms with Gasteiger partial charge in [0, 0.05) is 17.3 Å². The molecule has 0 aromatic heterocycles. The van der Waals surface area contributed by atoms with E-state index in [0.29, 0.717) is 17.1 Å². The smallest absolute Gasteiger partial charge is 0.340 e. The molecule has 0 saturated carbocycles. The van der Waals surface area contributed by atoms with Crippen molar-refractivity contribution in [2.45, 2.75) is 19.9 Å². The number of methoxy groups -OCH3 is 1. The van der Waals surface area contributed by atoms with E-state index in [2.05, 4.69) is 24.4 Å². The van der Waals surface area contributed by atoms with Gasteiger partial charge >= 0.3 is 5.97 Å². The van der Waals surface area contributed by atoms with Gasteiger partial charge in [-0.05, 0) is 35.7 Å². The molecular formula is C17H18ClNO2. The second kappa shape index (κ2) is 7.14. The summed E-state index contributed by atoms with van der Waals surface area (Å²) in [6.07, 6.45) is 0.975. The summed E-state index contributed by atoms with van der Waals surface area (Å²) in [5.74, 6) is -0.399. The first-order valence-corrected chi connectivity index (χ1v) is 7.22. The second-order valence-electron chi connectivity index (χ2n) is 4.66. The highest BCUT2D eigenvalue weighted by Gasteiger charge is 2.12. The Balaban J connectivity index is 2.22. The first kappa shape index (κ1) is 15.4. The van der Waals surface area contributed by atoms with Gasteiger partial charge in [-0.3, -0.25) is 0 Å². The number of ether oxygens (including phenoxy) is 1. The Morgan fingerprint density at radius 3 is 2.57 bits per heavy atom. The van der Waals surface area contributed by atoms with E-state index in [1.54, 1.807) is 18.2 Å². The molecule has 0 unspecified atom stereocenters. The predicted molar refractivity (Wildman–Crippen MR) is 85.9 cm³/mol. The SMILES string of the molecule is CCc1ccccc1CNc1ccc(Cl)cc1C(=O)OC. The highest BCUT2D eigenvalue weighted by atomic mass is 35.5. The normalized spacial score (nSPS) is 10.2. The van der Waals surface area contributed by atoms with Gasteiger partial charge in [-0.25, -0.2) is 4.79 Å². The molecule has 21 heavy (non-hydrogen) atoms. The molecule has 0 heterocycles. The number of carbonyl (C=O) groups is 1. The van der Waals surface area contributed by atoms with Crippen LogP contribution in [0.5, 0.6) is 0 Å². The van der Waals surface area contributed by atoms with E-state index in [-0.39, 0.29) is 0 Å². The van der Waals surface area contributed by atoms with Crippen LogP contribution in [0.25, 0.3) is 0 Å². The zero-order valence-electron chi connectivity index (χ0n) is 12.2. The zero-order valence-corrected chi connectivity index (χ0v) is 12.9. The van der Waals surface area contributed by atoms with Crippen molar-refractivity contribution in [3.05, 3.63) is 64.2 Å². The maximum atomic E-state index is 11.8. The lowest BCUT2D eigenvalue weighted by Crippen LogP contribution is -2.09. The monoisotopic (exact) mass is 303 g/mol. The third-order valence-electron chi connectivity index (χ3n) is 3.36. The van der Waals surface area contributed by atoms with Crippen molar-refractivity contribution < 1.29 is 9.53 Å². The molecule has 0 saturated heterocycles. The molecule has 2 rings (SSSR count). The van der Waals surface area contributed by atoms with Gasteiger partial charge in [0.25, 0.3) is 0 Å². The molecule has 1 N–H and O–H groups in total. The van der Waals surface area contributed by atoms with Crippen molar-refractivity contribution in [3.8, 4) is 0 Å². The summed E-state index contributed by atoms with van der Waals surface area (Å²) in [6.45, 7) is 2.77. The van der Waals surface area contributed by atoms with Crippen LogP contribution in [0, 0.1) is 0 Å². The van der Waals surface area contributed by atoms with E-state index in [1.165, 1.54) is 18.2 Å². The molecular weight excluding hydrogens is 286 g/mol. The van der Waals surface area contributed by atoms with Crippen LogP contribution in [-0.2, 0) is 17.7 Å². The number of benzene rings is 2. The van der Waals surface area contributed by atoms with Crippen LogP contribution in [-0.4, -0.2) is 13.1 Å². The van der Waals surface area contributed by atoms with Crippen molar-refractivity contribution >= 4 is 23.3 Å². The largest absolute Gasteiger partial charge is 0.465 e. The Morgan fingerprint density at radius 1 is 1.19 bits per heavy atom. The van der Waals surface area contributed by atoms with E-state index in [0.717, 1.165) is 12.1 Å². The minimum absolute atomic E-state index is 0.399. The first-order chi connectivity index (χ1) is 10.2. The second-order valence-corrected chi connectivity index (χ2v) is 5.09. The lowest BCUT2D eigenvalue weighted by atomic mass is 10.1. The van der Waals surface area contributed by atoms with E-state index in [4.69, 9.17) is 16.3 Å². The standard InChI is InChI=1S/C17H18ClNO2/c1-3-12-6-4-5-7-13(12)11-19-16-9-8-14(18)10-15(16)17(20)21-2/h4-10,19H,3,11H2,1-2H3. The Hall–Kier alpha value is -2.00. The molecule has 0 aliphatic carbocycles. The molecule has 2 aromatic carbocycles. The topological polar surface area (TPSA) is 38.3 Å². The maximum Gasteiger partial charge on any atom is 0.340 e. The molecule has 2 aromatic rings. The Kier molecular flexibility index (Phi) is 5.23. The van der Waals surface area contributed by atoms with E-state index in [9.17, 15) is 4.79 Å². The maximum absolute atomic E-state index is 11.8. The fourth-order valence-corrected chi connectivity index (χ4v) is 2.39. The summed E-state index contributed by atoms with van der Waals surface area (Å²) < 4.78 is 4.79. The summed E-state index contributed by atoms with van der Waals surface area (Å²) in [5.41, 5.74) is 3.67. The van der Waals surface area contributed by atoms with Gasteiger partial charge in [0.15, 0.2) is 0 Å². The fourth-order valence-electron chi connectivity index (χ4n) is 2.21. The quantitative estimate of drug-likeness (QED) is 0.837. The van der Waals surface area contributed by atoms with Crippen LogP contribution in [0.4, 0.5) is 5.69 Å². The van der Waals surface area contributed by atoms with Crippen molar-refractivity contribution in [2.24, 2.45) is 0 Å². The van der Waals surface area contributed by atoms with E-state index < -0.39 is 5.97 Å². The van der Waals surface area contributed by atoms with Gasteiger partial charge in [0.2, 0.25) is 0 Å². The van der Waals surface area contributed by atoms with Gasteiger partial charge in [-0.1, -0.05) is 42.8 Å². The summed E-state index contributed by atoms with van der Waals surface area (Å²) in [5, 5.41) is 3.80. The molecule has 0 atom stereocenters. The third-order valence-corrected chi connectivity index (χ3v) is 3.59. The third kappa shape index (κ3) is 3.76. The number of rotatable bonds is 5. The van der Waals surface area contributed by atoms with Crippen molar-refractivity contribution in [3.63, 3.8) is 0 Å². The Bertz CT molecular complexity index is 640. The number of esters is 1. The average Bonchev–Trinajstić information content (AvgIpc) is 2.53. The number of anilines is 1. The number of nitrogens with one attached hydrogen (secondary N) is 1. The summed E-state index contributed by atoms with van der Waals surface area (Å²) >= 11 is 5.95. The summed E-state index contributed by atoms with van der Waals surface area (Å²) in [6, 6.07) is 13.4. The molecule has 0 spiro atoms.